The number of nitrogen functional groups attached to an aromatic ring is 1. The summed E-state index contributed by atoms with van der Waals surface area (Å²) in [5, 5.41) is 28.7. The molecule has 1 aliphatic heterocycles. The third kappa shape index (κ3) is 1.78. The molecule has 3 rings (SSSR count). The van der Waals surface area contributed by atoms with Crippen LogP contribution in [0.4, 0.5) is 5.82 Å². The highest BCUT2D eigenvalue weighted by Crippen LogP contribution is 2.31. The van der Waals surface area contributed by atoms with Crippen LogP contribution in [0.15, 0.2) is 11.1 Å². The lowest BCUT2D eigenvalue weighted by Gasteiger charge is -2.16. The van der Waals surface area contributed by atoms with Crippen molar-refractivity contribution in [1.82, 2.24) is 19.5 Å². The third-order valence-electron chi connectivity index (χ3n) is 3.28. The van der Waals surface area contributed by atoms with Crippen molar-refractivity contribution in [3.63, 3.8) is 0 Å². The van der Waals surface area contributed by atoms with E-state index in [2.05, 4.69) is 15.0 Å². The van der Waals surface area contributed by atoms with Gasteiger partial charge in [-0.3, -0.25) is 9.55 Å². The van der Waals surface area contributed by atoms with E-state index in [1.54, 1.807) is 0 Å². The Labute approximate surface area is 111 Å². The summed E-state index contributed by atoms with van der Waals surface area (Å²) in [6.07, 6.45) is -3.13. The first-order valence-electron chi connectivity index (χ1n) is 5.87. The molecular formula is C10H13N5O5. The molecule has 1 aliphatic rings. The maximum Gasteiger partial charge on any atom is 0.348 e. The molecule has 4 atom stereocenters. The van der Waals surface area contributed by atoms with Crippen molar-refractivity contribution in [2.45, 2.75) is 24.5 Å². The summed E-state index contributed by atoms with van der Waals surface area (Å²) in [7, 11) is 0. The van der Waals surface area contributed by atoms with Crippen LogP contribution in [0.1, 0.15) is 6.23 Å². The van der Waals surface area contributed by atoms with Gasteiger partial charge in [-0.15, -0.1) is 0 Å². The van der Waals surface area contributed by atoms with Crippen molar-refractivity contribution in [2.75, 3.05) is 12.3 Å². The highest BCUT2D eigenvalue weighted by atomic mass is 16.6. The van der Waals surface area contributed by atoms with Gasteiger partial charge in [0.2, 0.25) is 0 Å². The van der Waals surface area contributed by atoms with Crippen LogP contribution >= 0.6 is 0 Å². The zero-order valence-corrected chi connectivity index (χ0v) is 10.2. The van der Waals surface area contributed by atoms with Crippen LogP contribution in [0.3, 0.4) is 0 Å². The summed E-state index contributed by atoms with van der Waals surface area (Å²) in [5.41, 5.74) is 5.39. The summed E-state index contributed by atoms with van der Waals surface area (Å²) >= 11 is 0. The SMILES string of the molecule is Nc1nc(=O)[nH]c2c1ncn2[C@@H]1O[C@H](CO)C(O)C1O. The number of nitrogens with zero attached hydrogens (tertiary/aromatic N) is 3. The molecule has 0 spiro atoms. The van der Waals surface area contributed by atoms with E-state index in [4.69, 9.17) is 15.6 Å². The quantitative estimate of drug-likeness (QED) is 0.398. The van der Waals surface area contributed by atoms with Gasteiger partial charge >= 0.3 is 5.69 Å². The monoisotopic (exact) mass is 283 g/mol. The number of aliphatic hydroxyl groups excluding tert-OH is 3. The molecule has 3 heterocycles. The third-order valence-corrected chi connectivity index (χ3v) is 3.28. The summed E-state index contributed by atoms with van der Waals surface area (Å²) in [4.78, 5) is 21.3. The second-order valence-electron chi connectivity index (χ2n) is 4.51. The number of aliphatic hydroxyl groups is 3. The van der Waals surface area contributed by atoms with Crippen LogP contribution in [0, 0.1) is 0 Å². The number of nitrogens with two attached hydrogens (primary N) is 1. The van der Waals surface area contributed by atoms with E-state index in [1.807, 2.05) is 0 Å². The lowest BCUT2D eigenvalue weighted by Crippen LogP contribution is -2.33. The number of hydrogen-bond donors (Lipinski definition) is 5. The van der Waals surface area contributed by atoms with Gasteiger partial charge in [-0.2, -0.15) is 4.98 Å². The largest absolute Gasteiger partial charge is 0.394 e. The van der Waals surface area contributed by atoms with Gasteiger partial charge in [0.1, 0.15) is 29.5 Å². The number of nitrogens with one attached hydrogen (secondary N) is 1. The van der Waals surface area contributed by atoms with Crippen LogP contribution in [-0.2, 0) is 4.74 Å². The number of anilines is 1. The molecule has 0 saturated carbocycles. The summed E-state index contributed by atoms with van der Waals surface area (Å²) in [6.45, 7) is -0.443. The molecule has 108 valence electrons. The Hall–Kier alpha value is -2.01. The van der Waals surface area contributed by atoms with Gasteiger partial charge in [-0.05, 0) is 0 Å². The van der Waals surface area contributed by atoms with Crippen molar-refractivity contribution < 1.29 is 20.1 Å². The molecule has 1 saturated heterocycles. The number of aromatic nitrogens is 4. The highest BCUT2D eigenvalue weighted by molar-refractivity contribution is 5.81. The lowest BCUT2D eigenvalue weighted by atomic mass is 10.1. The fourth-order valence-corrected chi connectivity index (χ4v) is 2.27. The maximum atomic E-state index is 11.4. The number of hydrogen-bond acceptors (Lipinski definition) is 8. The number of fused-ring (bicyclic) bond motifs is 1. The molecule has 2 unspecified atom stereocenters. The van der Waals surface area contributed by atoms with Crippen LogP contribution in [0.2, 0.25) is 0 Å². The van der Waals surface area contributed by atoms with E-state index in [0.717, 1.165) is 0 Å². The molecule has 20 heavy (non-hydrogen) atoms. The Kier molecular flexibility index (Phi) is 2.94. The predicted octanol–water partition coefficient (Wildman–Crippen LogP) is -2.69. The number of imidazole rings is 1. The fraction of sp³-hybridized carbons (Fsp3) is 0.500. The van der Waals surface area contributed by atoms with Crippen LogP contribution in [0.5, 0.6) is 0 Å². The first-order valence-corrected chi connectivity index (χ1v) is 5.87. The number of rotatable bonds is 2. The van der Waals surface area contributed by atoms with Gasteiger partial charge in [0.15, 0.2) is 12.0 Å². The molecular weight excluding hydrogens is 270 g/mol. The summed E-state index contributed by atoms with van der Waals surface area (Å²) in [5.74, 6) is -0.0470. The average Bonchev–Trinajstić information content (AvgIpc) is 2.93. The average molecular weight is 283 g/mol. The van der Waals surface area contributed by atoms with E-state index in [9.17, 15) is 15.0 Å². The van der Waals surface area contributed by atoms with E-state index in [0.29, 0.717) is 0 Å². The minimum Gasteiger partial charge on any atom is -0.394 e. The standard InChI is InChI=1S/C10H13N5O5/c11-7-4-8(14-10(19)13-7)15(2-12-4)9-6(18)5(17)3(1-16)20-9/h2-3,5-6,9,16-18H,1H2,(H3,11,13,14,19)/t3-,5?,6?,9-/m1/s1. The zero-order valence-electron chi connectivity index (χ0n) is 10.2. The molecule has 0 amide bonds. The first-order chi connectivity index (χ1) is 9.52. The molecule has 0 aliphatic carbocycles. The van der Waals surface area contributed by atoms with Gasteiger partial charge in [0, 0.05) is 0 Å². The molecule has 0 bridgehead atoms. The van der Waals surface area contributed by atoms with Gasteiger partial charge in [-0.1, -0.05) is 0 Å². The molecule has 2 aromatic rings. The molecule has 0 radical (unpaired) electrons. The number of aromatic amines is 1. The zero-order chi connectivity index (χ0) is 14.4. The highest BCUT2D eigenvalue weighted by Gasteiger charge is 2.43. The van der Waals surface area contributed by atoms with Crippen molar-refractivity contribution in [2.24, 2.45) is 0 Å². The smallest absolute Gasteiger partial charge is 0.348 e. The Morgan fingerprint density at radius 3 is 2.85 bits per heavy atom. The normalized spacial score (nSPS) is 30.1. The van der Waals surface area contributed by atoms with E-state index >= 15 is 0 Å². The van der Waals surface area contributed by atoms with Gasteiger partial charge in [0.25, 0.3) is 0 Å². The van der Waals surface area contributed by atoms with Crippen LogP contribution < -0.4 is 11.4 Å². The molecule has 1 fully saturated rings. The number of H-pyrrole nitrogens is 1. The van der Waals surface area contributed by atoms with Crippen LogP contribution in [-0.4, -0.2) is 59.8 Å². The molecule has 2 aromatic heterocycles. The Bertz CT molecular complexity index is 697. The van der Waals surface area contributed by atoms with Crippen molar-refractivity contribution in [3.8, 4) is 0 Å². The minimum absolute atomic E-state index is 0.0470. The summed E-state index contributed by atoms with van der Waals surface area (Å²) in [6, 6.07) is 0. The number of ether oxygens (including phenoxy) is 1. The Balaban J connectivity index is 2.09. The second kappa shape index (κ2) is 4.52. The lowest BCUT2D eigenvalue weighted by molar-refractivity contribution is -0.0511. The van der Waals surface area contributed by atoms with E-state index < -0.39 is 36.8 Å². The van der Waals surface area contributed by atoms with E-state index in [1.165, 1.54) is 10.9 Å². The molecule has 0 aromatic carbocycles. The van der Waals surface area contributed by atoms with Crippen molar-refractivity contribution in [3.05, 3.63) is 16.8 Å². The Morgan fingerprint density at radius 1 is 1.45 bits per heavy atom. The fourth-order valence-electron chi connectivity index (χ4n) is 2.27. The molecule has 10 heteroatoms. The van der Waals surface area contributed by atoms with Gasteiger partial charge < -0.3 is 25.8 Å². The predicted molar refractivity (Wildman–Crippen MR) is 65.6 cm³/mol. The van der Waals surface area contributed by atoms with Crippen molar-refractivity contribution in [1.29, 1.82) is 0 Å². The first kappa shape index (κ1) is 13.0. The topological polar surface area (TPSA) is 160 Å². The van der Waals surface area contributed by atoms with Crippen molar-refractivity contribution >= 4 is 17.0 Å². The van der Waals surface area contributed by atoms with Gasteiger partial charge in [-0.25, -0.2) is 9.78 Å². The molecule has 6 N–H and O–H groups in total. The van der Waals surface area contributed by atoms with Gasteiger partial charge in [0.05, 0.1) is 12.9 Å². The second-order valence-corrected chi connectivity index (χ2v) is 4.51. The van der Waals surface area contributed by atoms with Crippen LogP contribution in [0.25, 0.3) is 11.2 Å². The summed E-state index contributed by atoms with van der Waals surface area (Å²) < 4.78 is 6.69. The Morgan fingerprint density at radius 2 is 2.20 bits per heavy atom. The minimum atomic E-state index is -1.28. The molecule has 10 nitrogen and oxygen atoms in total. The van der Waals surface area contributed by atoms with E-state index in [-0.39, 0.29) is 17.0 Å². The maximum absolute atomic E-state index is 11.4.